The predicted octanol–water partition coefficient (Wildman–Crippen LogP) is 0.708. The minimum atomic E-state index is -0.245. The smallest absolute Gasteiger partial charge is 0.310 e. The summed E-state index contributed by atoms with van der Waals surface area (Å²) in [5.74, 6) is 5.21. The molecule has 106 valence electrons. The SMILES string of the molecule is Cl.NN1C[C@H](C(=O)OCc2ccccc2)C[C@H]1CO. The van der Waals surface area contributed by atoms with Crippen LogP contribution in [0.15, 0.2) is 30.3 Å². The van der Waals surface area contributed by atoms with E-state index in [0.717, 1.165) is 5.56 Å². The van der Waals surface area contributed by atoms with Gasteiger partial charge in [-0.2, -0.15) is 0 Å². The lowest BCUT2D eigenvalue weighted by atomic mass is 10.1. The lowest BCUT2D eigenvalue weighted by molar-refractivity contribution is -0.149. The fraction of sp³-hybridized carbons (Fsp3) is 0.462. The summed E-state index contributed by atoms with van der Waals surface area (Å²) < 4.78 is 5.25. The number of aliphatic hydroxyl groups is 1. The van der Waals surface area contributed by atoms with E-state index in [9.17, 15) is 4.79 Å². The maximum absolute atomic E-state index is 11.8. The van der Waals surface area contributed by atoms with E-state index in [1.165, 1.54) is 5.01 Å². The topological polar surface area (TPSA) is 75.8 Å². The Balaban J connectivity index is 0.00000180. The molecule has 5 nitrogen and oxygen atoms in total. The van der Waals surface area contributed by atoms with Crippen molar-refractivity contribution in [3.8, 4) is 0 Å². The van der Waals surface area contributed by atoms with Gasteiger partial charge >= 0.3 is 5.97 Å². The zero-order chi connectivity index (χ0) is 13.0. The molecule has 1 fully saturated rings. The van der Waals surface area contributed by atoms with Crippen molar-refractivity contribution in [1.82, 2.24) is 5.01 Å². The van der Waals surface area contributed by atoms with Crippen LogP contribution in [0.2, 0.25) is 0 Å². The minimum Gasteiger partial charge on any atom is -0.461 e. The minimum absolute atomic E-state index is 0. The highest BCUT2D eigenvalue weighted by Crippen LogP contribution is 2.21. The molecule has 0 saturated carbocycles. The Kier molecular flexibility index (Phi) is 6.24. The van der Waals surface area contributed by atoms with Crippen LogP contribution in [0, 0.1) is 5.92 Å². The predicted molar refractivity (Wildman–Crippen MR) is 73.4 cm³/mol. The van der Waals surface area contributed by atoms with Gasteiger partial charge < -0.3 is 9.84 Å². The molecule has 0 bridgehead atoms. The molecule has 1 aliphatic heterocycles. The van der Waals surface area contributed by atoms with Crippen LogP contribution in [-0.2, 0) is 16.1 Å². The van der Waals surface area contributed by atoms with Gasteiger partial charge in [-0.1, -0.05) is 30.3 Å². The standard InChI is InChI=1S/C13H18N2O3.ClH/c14-15-7-11(6-12(15)8-16)13(17)18-9-10-4-2-1-3-5-10;/h1-5,11-12,16H,6-9,14H2;1H/t11-,12+;/m1./s1. The van der Waals surface area contributed by atoms with E-state index < -0.39 is 0 Å². The van der Waals surface area contributed by atoms with Gasteiger partial charge in [0.05, 0.1) is 12.5 Å². The average Bonchev–Trinajstić information content (AvgIpc) is 2.78. The number of benzene rings is 1. The van der Waals surface area contributed by atoms with Crippen LogP contribution < -0.4 is 5.84 Å². The molecule has 0 aromatic heterocycles. The second-order valence-electron chi connectivity index (χ2n) is 4.56. The van der Waals surface area contributed by atoms with Gasteiger partial charge in [0.2, 0.25) is 0 Å². The molecule has 2 atom stereocenters. The van der Waals surface area contributed by atoms with E-state index in [4.69, 9.17) is 15.7 Å². The number of hydrazine groups is 1. The van der Waals surface area contributed by atoms with Crippen LogP contribution >= 0.6 is 12.4 Å². The molecule has 19 heavy (non-hydrogen) atoms. The number of nitrogens with two attached hydrogens (primary N) is 1. The van der Waals surface area contributed by atoms with Gasteiger partial charge in [-0.15, -0.1) is 12.4 Å². The molecule has 0 spiro atoms. The highest BCUT2D eigenvalue weighted by molar-refractivity contribution is 5.85. The van der Waals surface area contributed by atoms with Gasteiger partial charge in [0.25, 0.3) is 0 Å². The Bertz CT molecular complexity index is 402. The van der Waals surface area contributed by atoms with Crippen molar-refractivity contribution in [1.29, 1.82) is 0 Å². The molecule has 1 heterocycles. The Morgan fingerprint density at radius 3 is 2.68 bits per heavy atom. The second-order valence-corrected chi connectivity index (χ2v) is 4.56. The Morgan fingerprint density at radius 2 is 2.11 bits per heavy atom. The number of aliphatic hydroxyl groups excluding tert-OH is 1. The third kappa shape index (κ3) is 4.18. The van der Waals surface area contributed by atoms with Crippen LogP contribution in [0.3, 0.4) is 0 Å². The molecule has 1 aromatic rings. The van der Waals surface area contributed by atoms with Crippen LogP contribution in [0.1, 0.15) is 12.0 Å². The molecule has 1 saturated heterocycles. The molecule has 0 unspecified atom stereocenters. The first kappa shape index (κ1) is 15.9. The summed E-state index contributed by atoms with van der Waals surface area (Å²) in [4.78, 5) is 11.8. The maximum atomic E-state index is 11.8. The number of hydrogen-bond acceptors (Lipinski definition) is 5. The molecule has 0 amide bonds. The number of nitrogens with zero attached hydrogens (tertiary/aromatic N) is 1. The Hall–Kier alpha value is -1.14. The third-order valence-electron chi connectivity index (χ3n) is 3.22. The van der Waals surface area contributed by atoms with Crippen molar-refractivity contribution in [2.75, 3.05) is 13.2 Å². The fourth-order valence-corrected chi connectivity index (χ4v) is 2.14. The monoisotopic (exact) mass is 286 g/mol. The summed E-state index contributed by atoms with van der Waals surface area (Å²) in [5.41, 5.74) is 0.965. The normalized spacial score (nSPS) is 22.8. The third-order valence-corrected chi connectivity index (χ3v) is 3.22. The second kappa shape index (κ2) is 7.45. The van der Waals surface area contributed by atoms with E-state index in [-0.39, 0.29) is 43.5 Å². The number of esters is 1. The van der Waals surface area contributed by atoms with E-state index in [0.29, 0.717) is 13.0 Å². The molecule has 6 heteroatoms. The largest absolute Gasteiger partial charge is 0.461 e. The van der Waals surface area contributed by atoms with Crippen LogP contribution in [0.25, 0.3) is 0 Å². The highest BCUT2D eigenvalue weighted by Gasteiger charge is 2.35. The first-order valence-corrected chi connectivity index (χ1v) is 6.03. The molecule has 1 aromatic carbocycles. The summed E-state index contributed by atoms with van der Waals surface area (Å²) in [6.45, 7) is 0.697. The summed E-state index contributed by atoms with van der Waals surface area (Å²) in [6.07, 6.45) is 0.556. The van der Waals surface area contributed by atoms with E-state index in [1.54, 1.807) is 0 Å². The van der Waals surface area contributed by atoms with Crippen LogP contribution in [-0.4, -0.2) is 35.3 Å². The average molecular weight is 287 g/mol. The van der Waals surface area contributed by atoms with Gasteiger partial charge in [0.1, 0.15) is 6.61 Å². The van der Waals surface area contributed by atoms with Crippen molar-refractivity contribution in [2.45, 2.75) is 19.1 Å². The molecular formula is C13H19ClN2O3. The highest BCUT2D eigenvalue weighted by atomic mass is 35.5. The number of carbonyl (C=O) groups excluding carboxylic acids is 1. The van der Waals surface area contributed by atoms with E-state index in [2.05, 4.69) is 0 Å². The first-order chi connectivity index (χ1) is 8.70. The fourth-order valence-electron chi connectivity index (χ4n) is 2.14. The molecule has 3 N–H and O–H groups in total. The molecular weight excluding hydrogens is 268 g/mol. The van der Waals surface area contributed by atoms with Gasteiger partial charge in [-0.05, 0) is 12.0 Å². The lowest BCUT2D eigenvalue weighted by Crippen LogP contribution is -2.38. The van der Waals surface area contributed by atoms with E-state index >= 15 is 0 Å². The molecule has 0 radical (unpaired) electrons. The quantitative estimate of drug-likeness (QED) is 0.630. The van der Waals surface area contributed by atoms with Crippen molar-refractivity contribution >= 4 is 18.4 Å². The lowest BCUT2D eigenvalue weighted by Gasteiger charge is -2.14. The number of hydrogen-bond donors (Lipinski definition) is 2. The van der Waals surface area contributed by atoms with Gasteiger partial charge in [-0.3, -0.25) is 10.6 Å². The zero-order valence-electron chi connectivity index (χ0n) is 10.6. The first-order valence-electron chi connectivity index (χ1n) is 6.03. The van der Waals surface area contributed by atoms with Crippen molar-refractivity contribution in [2.24, 2.45) is 11.8 Å². The Labute approximate surface area is 118 Å². The summed E-state index contributed by atoms with van der Waals surface area (Å²) >= 11 is 0. The van der Waals surface area contributed by atoms with Crippen LogP contribution in [0.4, 0.5) is 0 Å². The number of halogens is 1. The number of rotatable bonds is 4. The number of ether oxygens (including phenoxy) is 1. The molecule has 1 aliphatic rings. The Morgan fingerprint density at radius 1 is 1.42 bits per heavy atom. The maximum Gasteiger partial charge on any atom is 0.310 e. The van der Waals surface area contributed by atoms with Crippen LogP contribution in [0.5, 0.6) is 0 Å². The van der Waals surface area contributed by atoms with Gasteiger partial charge in [-0.25, -0.2) is 5.01 Å². The molecule has 2 rings (SSSR count). The van der Waals surface area contributed by atoms with Crippen molar-refractivity contribution < 1.29 is 14.6 Å². The van der Waals surface area contributed by atoms with Gasteiger partial charge in [0, 0.05) is 12.6 Å². The van der Waals surface area contributed by atoms with Gasteiger partial charge in [0.15, 0.2) is 0 Å². The van der Waals surface area contributed by atoms with E-state index in [1.807, 2.05) is 30.3 Å². The summed E-state index contributed by atoms with van der Waals surface area (Å²) in [7, 11) is 0. The summed E-state index contributed by atoms with van der Waals surface area (Å²) in [5, 5.41) is 10.6. The summed E-state index contributed by atoms with van der Waals surface area (Å²) in [6, 6.07) is 9.41. The molecule has 0 aliphatic carbocycles. The zero-order valence-corrected chi connectivity index (χ0v) is 11.4. The van der Waals surface area contributed by atoms with Crippen molar-refractivity contribution in [3.05, 3.63) is 35.9 Å². The number of carbonyl (C=O) groups is 1. The van der Waals surface area contributed by atoms with Crippen molar-refractivity contribution in [3.63, 3.8) is 0 Å².